The van der Waals surface area contributed by atoms with Crippen molar-refractivity contribution < 1.29 is 9.59 Å². The molecule has 166 valence electrons. The van der Waals surface area contributed by atoms with Crippen molar-refractivity contribution >= 4 is 45.7 Å². The second-order valence-electron chi connectivity index (χ2n) is 8.17. The Balaban J connectivity index is 1.17. The number of amides is 2. The summed E-state index contributed by atoms with van der Waals surface area (Å²) in [6.45, 7) is 0.378. The van der Waals surface area contributed by atoms with E-state index in [1.54, 1.807) is 17.0 Å². The van der Waals surface area contributed by atoms with Gasteiger partial charge in [-0.05, 0) is 60.2 Å². The van der Waals surface area contributed by atoms with Crippen molar-refractivity contribution in [3.63, 3.8) is 0 Å². The number of rotatable bonds is 6. The highest BCUT2D eigenvalue weighted by Crippen LogP contribution is 2.32. The number of carbonyl (C=O) groups is 2. The zero-order chi connectivity index (χ0) is 22.8. The molecule has 1 aliphatic carbocycles. The van der Waals surface area contributed by atoms with Gasteiger partial charge in [0.25, 0.3) is 0 Å². The minimum absolute atomic E-state index is 0.0241. The highest BCUT2D eigenvalue weighted by Gasteiger charge is 2.35. The van der Waals surface area contributed by atoms with Gasteiger partial charge in [0.05, 0.1) is 17.6 Å². The standard InChI is InChI=1S/C24H21N5O2S2/c25-12-15-4-6-16(7-5-15)14-32-24-28-27-23(33-24)26-22(31)19-11-21(30)29(13-19)20-9-8-17-2-1-3-18(17)10-20/h4-10,19H,1-3,11,13-14H2,(H,26,27,31). The summed E-state index contributed by atoms with van der Waals surface area (Å²) >= 11 is 2.84. The van der Waals surface area contributed by atoms with Gasteiger partial charge in [-0.15, -0.1) is 10.2 Å². The molecule has 2 heterocycles. The number of aromatic nitrogens is 2. The number of fused-ring (bicyclic) bond motifs is 1. The fourth-order valence-electron chi connectivity index (χ4n) is 4.21. The van der Waals surface area contributed by atoms with E-state index in [-0.39, 0.29) is 18.2 Å². The molecule has 1 unspecified atom stereocenters. The molecule has 33 heavy (non-hydrogen) atoms. The summed E-state index contributed by atoms with van der Waals surface area (Å²) < 4.78 is 0.747. The molecule has 1 saturated heterocycles. The van der Waals surface area contributed by atoms with E-state index in [4.69, 9.17) is 5.26 Å². The monoisotopic (exact) mass is 475 g/mol. The fourth-order valence-corrected chi connectivity index (χ4v) is 5.92. The predicted molar refractivity (Wildman–Crippen MR) is 128 cm³/mol. The van der Waals surface area contributed by atoms with Crippen molar-refractivity contribution in [1.29, 1.82) is 5.26 Å². The number of hydrogen-bond donors (Lipinski definition) is 1. The molecule has 1 N–H and O–H groups in total. The van der Waals surface area contributed by atoms with E-state index in [0.717, 1.165) is 34.9 Å². The average molecular weight is 476 g/mol. The Morgan fingerprint density at radius 2 is 2.00 bits per heavy atom. The predicted octanol–water partition coefficient (Wildman–Crippen LogP) is 4.18. The van der Waals surface area contributed by atoms with E-state index in [2.05, 4.69) is 33.7 Å². The van der Waals surface area contributed by atoms with Crippen molar-refractivity contribution in [3.8, 4) is 6.07 Å². The van der Waals surface area contributed by atoms with Gasteiger partial charge in [0.2, 0.25) is 16.9 Å². The molecule has 1 aliphatic heterocycles. The lowest BCUT2D eigenvalue weighted by atomic mass is 10.1. The van der Waals surface area contributed by atoms with Crippen LogP contribution in [-0.4, -0.2) is 28.6 Å². The Kier molecular flexibility index (Phi) is 6.11. The van der Waals surface area contributed by atoms with Crippen LogP contribution in [-0.2, 0) is 28.2 Å². The van der Waals surface area contributed by atoms with Crippen LogP contribution in [0.15, 0.2) is 46.8 Å². The molecule has 0 bridgehead atoms. The number of nitriles is 1. The molecule has 1 aromatic heterocycles. The number of thioether (sulfide) groups is 1. The summed E-state index contributed by atoms with van der Waals surface area (Å²) in [5, 5.41) is 20.4. The molecule has 2 aliphatic rings. The van der Waals surface area contributed by atoms with E-state index in [9.17, 15) is 9.59 Å². The van der Waals surface area contributed by atoms with Crippen molar-refractivity contribution in [1.82, 2.24) is 10.2 Å². The van der Waals surface area contributed by atoms with Gasteiger partial charge in [0, 0.05) is 24.4 Å². The number of carbonyl (C=O) groups excluding carboxylic acids is 2. The first-order valence-corrected chi connectivity index (χ1v) is 12.6. The van der Waals surface area contributed by atoms with Crippen LogP contribution < -0.4 is 10.2 Å². The SMILES string of the molecule is N#Cc1ccc(CSc2nnc(NC(=O)C3CC(=O)N(c4ccc5c(c4)CCC5)C3)s2)cc1. The number of aryl methyl sites for hydroxylation is 2. The number of nitrogens with zero attached hydrogens (tertiary/aromatic N) is 4. The third kappa shape index (κ3) is 4.77. The number of anilines is 2. The normalized spacial score (nSPS) is 17.1. The van der Waals surface area contributed by atoms with E-state index in [0.29, 0.717) is 23.0 Å². The van der Waals surface area contributed by atoms with Gasteiger partial charge in [-0.1, -0.05) is 41.3 Å². The molecule has 2 aromatic carbocycles. The van der Waals surface area contributed by atoms with Crippen molar-refractivity contribution in [2.24, 2.45) is 5.92 Å². The Hall–Kier alpha value is -3.22. The maximum Gasteiger partial charge on any atom is 0.231 e. The van der Waals surface area contributed by atoms with Crippen LogP contribution in [0, 0.1) is 17.2 Å². The molecule has 0 saturated carbocycles. The van der Waals surface area contributed by atoms with Crippen molar-refractivity contribution in [2.45, 2.75) is 35.8 Å². The molecule has 9 heteroatoms. The molecule has 5 rings (SSSR count). The van der Waals surface area contributed by atoms with Crippen molar-refractivity contribution in [3.05, 3.63) is 64.7 Å². The van der Waals surface area contributed by atoms with Gasteiger partial charge in [-0.2, -0.15) is 5.26 Å². The van der Waals surface area contributed by atoms with Gasteiger partial charge >= 0.3 is 0 Å². The van der Waals surface area contributed by atoms with Gasteiger partial charge in [-0.25, -0.2) is 0 Å². The summed E-state index contributed by atoms with van der Waals surface area (Å²) in [5.74, 6) is 0.0569. The first-order chi connectivity index (χ1) is 16.1. The van der Waals surface area contributed by atoms with Crippen LogP contribution in [0.1, 0.15) is 35.1 Å². The molecule has 0 spiro atoms. The van der Waals surface area contributed by atoms with E-state index >= 15 is 0 Å². The zero-order valence-electron chi connectivity index (χ0n) is 17.8. The molecule has 2 amide bonds. The topological polar surface area (TPSA) is 99.0 Å². The van der Waals surface area contributed by atoms with Gasteiger partial charge < -0.3 is 10.2 Å². The summed E-state index contributed by atoms with van der Waals surface area (Å²) in [6, 6.07) is 15.7. The highest BCUT2D eigenvalue weighted by atomic mass is 32.2. The molecular weight excluding hydrogens is 454 g/mol. The van der Waals surface area contributed by atoms with E-state index in [1.165, 1.54) is 34.2 Å². The molecule has 7 nitrogen and oxygen atoms in total. The maximum atomic E-state index is 12.8. The largest absolute Gasteiger partial charge is 0.312 e. The Morgan fingerprint density at radius 1 is 1.18 bits per heavy atom. The third-order valence-corrected chi connectivity index (χ3v) is 8.01. The minimum atomic E-state index is -0.413. The first-order valence-electron chi connectivity index (χ1n) is 10.8. The summed E-state index contributed by atoms with van der Waals surface area (Å²) in [7, 11) is 0. The summed E-state index contributed by atoms with van der Waals surface area (Å²) in [5.41, 5.74) is 5.27. The number of nitrogens with one attached hydrogen (secondary N) is 1. The van der Waals surface area contributed by atoms with Crippen molar-refractivity contribution in [2.75, 3.05) is 16.8 Å². The number of benzene rings is 2. The highest BCUT2D eigenvalue weighted by molar-refractivity contribution is 8.00. The van der Waals surface area contributed by atoms with Crippen LogP contribution >= 0.6 is 23.1 Å². The molecule has 0 radical (unpaired) electrons. The van der Waals surface area contributed by atoms with Gasteiger partial charge in [-0.3, -0.25) is 9.59 Å². The number of hydrogen-bond acceptors (Lipinski definition) is 7. The average Bonchev–Trinajstić information content (AvgIpc) is 3.57. The van der Waals surface area contributed by atoms with Crippen LogP contribution in [0.3, 0.4) is 0 Å². The first kappa shape index (κ1) is 21.6. The van der Waals surface area contributed by atoms with Crippen LogP contribution in [0.25, 0.3) is 0 Å². The van der Waals surface area contributed by atoms with Gasteiger partial charge in [0.1, 0.15) is 0 Å². The maximum absolute atomic E-state index is 12.8. The Labute approximate surface area is 199 Å². The molecule has 1 fully saturated rings. The van der Waals surface area contributed by atoms with Crippen LogP contribution in [0.5, 0.6) is 0 Å². The second kappa shape index (κ2) is 9.33. The van der Waals surface area contributed by atoms with E-state index in [1.807, 2.05) is 18.2 Å². The zero-order valence-corrected chi connectivity index (χ0v) is 19.4. The summed E-state index contributed by atoms with van der Waals surface area (Å²) in [6.07, 6.45) is 3.51. The lowest BCUT2D eigenvalue weighted by Gasteiger charge is -2.17. The Morgan fingerprint density at radius 3 is 2.82 bits per heavy atom. The molecule has 1 atom stereocenters. The van der Waals surface area contributed by atoms with Crippen LogP contribution in [0.4, 0.5) is 10.8 Å². The quantitative estimate of drug-likeness (QED) is 0.424. The summed E-state index contributed by atoms with van der Waals surface area (Å²) in [4.78, 5) is 27.1. The smallest absolute Gasteiger partial charge is 0.231 e. The Bertz CT molecular complexity index is 1250. The second-order valence-corrected chi connectivity index (χ2v) is 10.4. The fraction of sp³-hybridized carbons (Fsp3) is 0.292. The lowest BCUT2D eigenvalue weighted by Crippen LogP contribution is -2.28. The minimum Gasteiger partial charge on any atom is -0.312 e. The van der Waals surface area contributed by atoms with Gasteiger partial charge in [0.15, 0.2) is 4.34 Å². The third-order valence-electron chi connectivity index (χ3n) is 5.97. The molecular formula is C24H21N5O2S2. The van der Waals surface area contributed by atoms with Crippen LogP contribution in [0.2, 0.25) is 0 Å². The lowest BCUT2D eigenvalue weighted by molar-refractivity contribution is -0.122. The molecule has 3 aromatic rings. The van der Waals surface area contributed by atoms with E-state index < -0.39 is 5.92 Å².